The van der Waals surface area contributed by atoms with Crippen molar-refractivity contribution < 1.29 is 13.2 Å². The van der Waals surface area contributed by atoms with E-state index in [2.05, 4.69) is 25.3 Å². The topological polar surface area (TPSA) is 113 Å². The van der Waals surface area contributed by atoms with Crippen molar-refractivity contribution in [1.82, 2.24) is 9.97 Å². The Morgan fingerprint density at radius 2 is 1.47 bits per heavy atom. The maximum Gasteiger partial charge on any atom is 0.263 e. The smallest absolute Gasteiger partial charge is 0.263 e. The van der Waals surface area contributed by atoms with Crippen molar-refractivity contribution in [2.75, 3.05) is 15.4 Å². The molecule has 0 spiro atoms. The summed E-state index contributed by atoms with van der Waals surface area (Å²) in [4.78, 5) is 19.7. The first-order chi connectivity index (χ1) is 15.4. The fourth-order valence-corrected chi connectivity index (χ4v) is 4.17. The Morgan fingerprint density at radius 1 is 0.812 bits per heavy atom. The first-order valence-corrected chi connectivity index (χ1v) is 11.3. The van der Waals surface area contributed by atoms with E-state index in [0.717, 1.165) is 16.8 Å². The molecule has 0 atom stereocenters. The summed E-state index contributed by atoms with van der Waals surface area (Å²) in [5.74, 6) is 0.375. The van der Waals surface area contributed by atoms with Gasteiger partial charge in [-0.3, -0.25) is 9.52 Å². The van der Waals surface area contributed by atoms with Crippen molar-refractivity contribution in [3.8, 4) is 0 Å². The number of hydrogen-bond donors (Lipinski definition) is 3. The van der Waals surface area contributed by atoms with Crippen LogP contribution in [0.4, 0.5) is 23.0 Å². The number of aromatic nitrogens is 2. The molecule has 1 aromatic heterocycles. The number of nitrogens with zero attached hydrogens (tertiary/aromatic N) is 2. The van der Waals surface area contributed by atoms with Crippen LogP contribution in [0.2, 0.25) is 0 Å². The average Bonchev–Trinajstić information content (AvgIpc) is 2.77. The van der Waals surface area contributed by atoms with Crippen molar-refractivity contribution in [2.45, 2.75) is 18.7 Å². The predicted octanol–water partition coefficient (Wildman–Crippen LogP) is 4.36. The zero-order valence-electron chi connectivity index (χ0n) is 17.5. The minimum absolute atomic E-state index is 0.0293. The van der Waals surface area contributed by atoms with Gasteiger partial charge in [-0.2, -0.15) is 0 Å². The fraction of sp³-hybridized carbons (Fsp3) is 0.0870. The molecule has 32 heavy (non-hydrogen) atoms. The molecule has 0 radical (unpaired) electrons. The Kier molecular flexibility index (Phi) is 5.74. The maximum absolute atomic E-state index is 13.0. The minimum Gasteiger partial charge on any atom is -0.337 e. The molecule has 1 amide bonds. The normalized spacial score (nSPS) is 11.2. The van der Waals surface area contributed by atoms with Crippen LogP contribution in [0.3, 0.4) is 0 Å². The molecule has 8 nitrogen and oxygen atoms in total. The number of aryl methyl sites for hydroxylation is 1. The van der Waals surface area contributed by atoms with Gasteiger partial charge in [-0.1, -0.05) is 24.3 Å². The molecule has 0 bridgehead atoms. The lowest BCUT2D eigenvalue weighted by atomic mass is 10.1. The van der Waals surface area contributed by atoms with Crippen LogP contribution >= 0.6 is 0 Å². The van der Waals surface area contributed by atoms with Crippen LogP contribution in [0.25, 0.3) is 11.0 Å². The van der Waals surface area contributed by atoms with Gasteiger partial charge in [0.25, 0.3) is 10.0 Å². The third-order valence-electron chi connectivity index (χ3n) is 5.05. The Bertz CT molecular complexity index is 1400. The second-order valence-electron chi connectivity index (χ2n) is 7.17. The van der Waals surface area contributed by atoms with E-state index in [1.54, 1.807) is 6.07 Å². The number of sulfonamides is 1. The van der Waals surface area contributed by atoms with Crippen LogP contribution in [0.5, 0.6) is 0 Å². The molecular formula is C23H21N5O3S. The van der Waals surface area contributed by atoms with E-state index in [1.165, 1.54) is 24.3 Å². The van der Waals surface area contributed by atoms with E-state index in [1.807, 2.05) is 50.2 Å². The molecule has 162 valence electrons. The monoisotopic (exact) mass is 447 g/mol. The van der Waals surface area contributed by atoms with Crippen LogP contribution in [0.1, 0.15) is 11.1 Å². The molecular weight excluding hydrogens is 426 g/mol. The van der Waals surface area contributed by atoms with E-state index in [-0.39, 0.29) is 10.7 Å². The zero-order valence-corrected chi connectivity index (χ0v) is 18.3. The van der Waals surface area contributed by atoms with Crippen LogP contribution < -0.4 is 15.4 Å². The highest BCUT2D eigenvalue weighted by molar-refractivity contribution is 7.92. The van der Waals surface area contributed by atoms with Gasteiger partial charge in [0.2, 0.25) is 6.41 Å². The summed E-state index contributed by atoms with van der Waals surface area (Å²) in [5.41, 5.74) is 4.60. The molecule has 0 aliphatic heterocycles. The number of anilines is 4. The molecule has 0 unspecified atom stereocenters. The van der Waals surface area contributed by atoms with Gasteiger partial charge in [0.15, 0.2) is 11.6 Å². The van der Waals surface area contributed by atoms with Crippen LogP contribution in [0.15, 0.2) is 71.6 Å². The molecule has 4 aromatic rings. The van der Waals surface area contributed by atoms with Crippen LogP contribution in [-0.2, 0) is 14.8 Å². The van der Waals surface area contributed by atoms with Gasteiger partial charge in [0.1, 0.15) is 0 Å². The van der Waals surface area contributed by atoms with Crippen LogP contribution in [0, 0.1) is 13.8 Å². The van der Waals surface area contributed by atoms with Gasteiger partial charge in [-0.05, 0) is 67.4 Å². The van der Waals surface area contributed by atoms with Gasteiger partial charge in [-0.15, -0.1) is 0 Å². The lowest BCUT2D eigenvalue weighted by Gasteiger charge is -2.16. The SMILES string of the molecule is Cc1cccc(Nc2nc3ccccc3nc2NS(=O)(=O)c2ccc(NC=O)cc2)c1C. The number of para-hydroxylation sites is 2. The Balaban J connectivity index is 1.75. The van der Waals surface area contributed by atoms with Crippen LogP contribution in [-0.4, -0.2) is 24.8 Å². The van der Waals surface area contributed by atoms with E-state index in [0.29, 0.717) is 28.9 Å². The summed E-state index contributed by atoms with van der Waals surface area (Å²) in [5, 5.41) is 5.70. The molecule has 3 aromatic carbocycles. The van der Waals surface area contributed by atoms with Crippen molar-refractivity contribution in [3.05, 3.63) is 77.9 Å². The second-order valence-corrected chi connectivity index (χ2v) is 8.86. The number of nitrogens with one attached hydrogen (secondary N) is 3. The molecule has 0 aliphatic rings. The molecule has 0 fully saturated rings. The summed E-state index contributed by atoms with van der Waals surface area (Å²) in [6.07, 6.45) is 0.525. The first-order valence-electron chi connectivity index (χ1n) is 9.80. The van der Waals surface area contributed by atoms with E-state index in [9.17, 15) is 13.2 Å². The number of hydrogen-bond acceptors (Lipinski definition) is 6. The van der Waals surface area contributed by atoms with Gasteiger partial charge in [0, 0.05) is 11.4 Å². The lowest BCUT2D eigenvalue weighted by molar-refractivity contribution is -0.105. The molecule has 9 heteroatoms. The summed E-state index contributed by atoms with van der Waals surface area (Å²) >= 11 is 0. The number of benzene rings is 3. The lowest BCUT2D eigenvalue weighted by Crippen LogP contribution is -2.16. The number of carbonyl (C=O) groups excluding carboxylic acids is 1. The van der Waals surface area contributed by atoms with Crippen molar-refractivity contribution in [2.24, 2.45) is 0 Å². The zero-order chi connectivity index (χ0) is 22.7. The first kappa shape index (κ1) is 21.3. The number of fused-ring (bicyclic) bond motifs is 1. The fourth-order valence-electron chi connectivity index (χ4n) is 3.16. The maximum atomic E-state index is 13.0. The standard InChI is InChI=1S/C23H21N5O3S/c1-15-6-5-9-19(16(15)2)25-22-23(27-21-8-4-3-7-20(21)26-22)28-32(30,31)18-12-10-17(11-13-18)24-14-29/h3-14H,1-2H3,(H,24,29)(H,25,26)(H,27,28). The summed E-state index contributed by atoms with van der Waals surface area (Å²) in [6.45, 7) is 3.98. The largest absolute Gasteiger partial charge is 0.337 e. The number of amides is 1. The summed E-state index contributed by atoms with van der Waals surface area (Å²) < 4.78 is 28.6. The Labute approximate surface area is 185 Å². The molecule has 1 heterocycles. The van der Waals surface area contributed by atoms with Gasteiger partial charge in [-0.25, -0.2) is 18.4 Å². The van der Waals surface area contributed by atoms with E-state index in [4.69, 9.17) is 0 Å². The second kappa shape index (κ2) is 8.64. The van der Waals surface area contributed by atoms with Crippen molar-refractivity contribution >= 4 is 50.5 Å². The Hall–Kier alpha value is -3.98. The quantitative estimate of drug-likeness (QED) is 0.363. The van der Waals surface area contributed by atoms with Gasteiger partial charge >= 0.3 is 0 Å². The molecule has 0 aliphatic carbocycles. The van der Waals surface area contributed by atoms with E-state index < -0.39 is 10.0 Å². The average molecular weight is 448 g/mol. The summed E-state index contributed by atoms with van der Waals surface area (Å²) in [7, 11) is -3.96. The number of rotatable bonds is 7. The molecule has 3 N–H and O–H groups in total. The molecule has 4 rings (SSSR count). The number of carbonyl (C=O) groups is 1. The highest BCUT2D eigenvalue weighted by atomic mass is 32.2. The minimum atomic E-state index is -3.96. The van der Waals surface area contributed by atoms with Crippen molar-refractivity contribution in [1.29, 1.82) is 0 Å². The predicted molar refractivity (Wildman–Crippen MR) is 126 cm³/mol. The van der Waals surface area contributed by atoms with E-state index >= 15 is 0 Å². The molecule has 0 saturated carbocycles. The highest BCUT2D eigenvalue weighted by Gasteiger charge is 2.19. The highest BCUT2D eigenvalue weighted by Crippen LogP contribution is 2.29. The molecule has 0 saturated heterocycles. The third kappa shape index (κ3) is 4.37. The Morgan fingerprint density at radius 3 is 2.12 bits per heavy atom. The van der Waals surface area contributed by atoms with Gasteiger partial charge < -0.3 is 10.6 Å². The van der Waals surface area contributed by atoms with Gasteiger partial charge in [0.05, 0.1) is 15.9 Å². The third-order valence-corrected chi connectivity index (χ3v) is 6.40. The van der Waals surface area contributed by atoms with Crippen molar-refractivity contribution in [3.63, 3.8) is 0 Å². The summed E-state index contributed by atoms with van der Waals surface area (Å²) in [6, 6.07) is 18.9.